The lowest BCUT2D eigenvalue weighted by Crippen LogP contribution is -2.38. The van der Waals surface area contributed by atoms with Crippen molar-refractivity contribution in [3.8, 4) is 0 Å². The highest BCUT2D eigenvalue weighted by atomic mass is 15.3. The molecule has 4 heteroatoms. The van der Waals surface area contributed by atoms with Crippen LogP contribution in [-0.2, 0) is 13.0 Å². The maximum absolute atomic E-state index is 5.58. The van der Waals surface area contributed by atoms with Gasteiger partial charge in [-0.2, -0.15) is 5.10 Å². The molecule has 1 saturated carbocycles. The molecule has 1 unspecified atom stereocenters. The molecule has 15 heavy (non-hydrogen) atoms. The first-order valence-corrected chi connectivity index (χ1v) is 5.74. The molecular formula is C11H20N4. The molecule has 0 spiro atoms. The van der Waals surface area contributed by atoms with Gasteiger partial charge < -0.3 is 0 Å². The fraction of sp³-hybridized carbons (Fsp3) is 0.727. The topological polar surface area (TPSA) is 55.9 Å². The van der Waals surface area contributed by atoms with Crippen LogP contribution in [0.2, 0.25) is 0 Å². The van der Waals surface area contributed by atoms with Crippen molar-refractivity contribution in [2.24, 2.45) is 11.8 Å². The molecule has 1 aliphatic carbocycles. The number of nitrogens with two attached hydrogens (primary N) is 1. The van der Waals surface area contributed by atoms with Gasteiger partial charge in [0, 0.05) is 24.7 Å². The smallest absolute Gasteiger partial charge is 0.0596 e. The van der Waals surface area contributed by atoms with Gasteiger partial charge in [0.25, 0.3) is 0 Å². The van der Waals surface area contributed by atoms with Crippen LogP contribution >= 0.6 is 0 Å². The summed E-state index contributed by atoms with van der Waals surface area (Å²) in [6.07, 6.45) is 3.62. The fourth-order valence-electron chi connectivity index (χ4n) is 2.12. The molecule has 1 aliphatic rings. The van der Waals surface area contributed by atoms with E-state index in [1.807, 2.05) is 6.92 Å². The Balaban J connectivity index is 2.07. The van der Waals surface area contributed by atoms with Crippen LogP contribution in [-0.4, -0.2) is 15.8 Å². The molecule has 1 aromatic heterocycles. The van der Waals surface area contributed by atoms with Crippen molar-refractivity contribution in [1.82, 2.24) is 15.2 Å². The molecule has 0 radical (unpaired) electrons. The molecule has 1 aromatic rings. The minimum Gasteiger partial charge on any atom is -0.271 e. The number of nitrogens with zero attached hydrogens (tertiary/aromatic N) is 2. The Morgan fingerprint density at radius 1 is 1.67 bits per heavy atom. The van der Waals surface area contributed by atoms with Crippen molar-refractivity contribution in [3.05, 3.63) is 17.5 Å². The Labute approximate surface area is 90.8 Å². The summed E-state index contributed by atoms with van der Waals surface area (Å²) in [5, 5.41) is 4.44. The van der Waals surface area contributed by atoms with Crippen molar-refractivity contribution < 1.29 is 0 Å². The Kier molecular flexibility index (Phi) is 3.07. The van der Waals surface area contributed by atoms with E-state index in [1.165, 1.54) is 18.5 Å². The first-order valence-electron chi connectivity index (χ1n) is 5.74. The van der Waals surface area contributed by atoms with Gasteiger partial charge in [-0.15, -0.1) is 0 Å². The second-order valence-corrected chi connectivity index (χ2v) is 4.41. The standard InChI is InChI=1S/C11H20N4/c1-3-15-10(6-8(2)14-15)7-11(13-12)9-4-5-9/h6,9,11,13H,3-5,7,12H2,1-2H3. The number of hydrazine groups is 1. The van der Waals surface area contributed by atoms with Crippen molar-refractivity contribution in [3.63, 3.8) is 0 Å². The predicted molar refractivity (Wildman–Crippen MR) is 60.2 cm³/mol. The molecule has 0 bridgehead atoms. The summed E-state index contributed by atoms with van der Waals surface area (Å²) in [7, 11) is 0. The molecular weight excluding hydrogens is 188 g/mol. The van der Waals surface area contributed by atoms with Gasteiger partial charge in [0.2, 0.25) is 0 Å². The van der Waals surface area contributed by atoms with Crippen LogP contribution in [0.25, 0.3) is 0 Å². The Morgan fingerprint density at radius 2 is 2.40 bits per heavy atom. The largest absolute Gasteiger partial charge is 0.271 e. The van der Waals surface area contributed by atoms with Crippen LogP contribution < -0.4 is 11.3 Å². The van der Waals surface area contributed by atoms with E-state index in [9.17, 15) is 0 Å². The van der Waals surface area contributed by atoms with Gasteiger partial charge in [-0.3, -0.25) is 16.0 Å². The van der Waals surface area contributed by atoms with Crippen molar-refractivity contribution >= 4 is 0 Å². The lowest BCUT2D eigenvalue weighted by atomic mass is 10.1. The number of aromatic nitrogens is 2. The Hall–Kier alpha value is -0.870. The van der Waals surface area contributed by atoms with Gasteiger partial charge in [0.05, 0.1) is 5.69 Å². The monoisotopic (exact) mass is 208 g/mol. The molecule has 1 atom stereocenters. The van der Waals surface area contributed by atoms with Crippen LogP contribution in [0.3, 0.4) is 0 Å². The van der Waals surface area contributed by atoms with Crippen molar-refractivity contribution in [2.45, 2.75) is 45.7 Å². The van der Waals surface area contributed by atoms with E-state index in [0.717, 1.165) is 24.6 Å². The summed E-state index contributed by atoms with van der Waals surface area (Å²) in [4.78, 5) is 0. The van der Waals surface area contributed by atoms with Gasteiger partial charge in [0.1, 0.15) is 0 Å². The SMILES string of the molecule is CCn1nc(C)cc1CC(NN)C1CC1. The van der Waals surface area contributed by atoms with Crippen LogP contribution in [0, 0.1) is 12.8 Å². The highest BCUT2D eigenvalue weighted by molar-refractivity contribution is 5.11. The first-order chi connectivity index (χ1) is 7.24. The molecule has 0 aromatic carbocycles. The van der Waals surface area contributed by atoms with Gasteiger partial charge in [-0.25, -0.2) is 0 Å². The number of aryl methyl sites for hydroxylation is 2. The zero-order valence-electron chi connectivity index (χ0n) is 9.53. The van der Waals surface area contributed by atoms with Crippen molar-refractivity contribution in [2.75, 3.05) is 0 Å². The van der Waals surface area contributed by atoms with Gasteiger partial charge in [0.15, 0.2) is 0 Å². The zero-order chi connectivity index (χ0) is 10.8. The van der Waals surface area contributed by atoms with Crippen LogP contribution in [0.4, 0.5) is 0 Å². The van der Waals surface area contributed by atoms with Crippen molar-refractivity contribution in [1.29, 1.82) is 0 Å². The Bertz CT molecular complexity index is 327. The quantitative estimate of drug-likeness (QED) is 0.560. The molecule has 4 nitrogen and oxygen atoms in total. The van der Waals surface area contributed by atoms with E-state index in [2.05, 4.69) is 28.2 Å². The number of rotatable bonds is 5. The normalized spacial score (nSPS) is 18.1. The molecule has 84 valence electrons. The third-order valence-corrected chi connectivity index (χ3v) is 3.12. The van der Waals surface area contributed by atoms with E-state index in [-0.39, 0.29) is 0 Å². The summed E-state index contributed by atoms with van der Waals surface area (Å²) in [6.45, 7) is 5.10. The summed E-state index contributed by atoms with van der Waals surface area (Å²) >= 11 is 0. The highest BCUT2D eigenvalue weighted by Crippen LogP contribution is 2.33. The highest BCUT2D eigenvalue weighted by Gasteiger charge is 2.31. The zero-order valence-corrected chi connectivity index (χ0v) is 9.53. The third kappa shape index (κ3) is 2.38. The molecule has 0 aliphatic heterocycles. The van der Waals surface area contributed by atoms with Gasteiger partial charge in [-0.05, 0) is 38.7 Å². The maximum atomic E-state index is 5.58. The maximum Gasteiger partial charge on any atom is 0.0596 e. The van der Waals surface area contributed by atoms with Crippen LogP contribution in [0.1, 0.15) is 31.2 Å². The second kappa shape index (κ2) is 4.33. The lowest BCUT2D eigenvalue weighted by Gasteiger charge is -2.15. The molecule has 0 amide bonds. The van der Waals surface area contributed by atoms with E-state index < -0.39 is 0 Å². The Morgan fingerprint density at radius 3 is 2.93 bits per heavy atom. The number of hydrogen-bond donors (Lipinski definition) is 2. The summed E-state index contributed by atoms with van der Waals surface area (Å²) in [5.41, 5.74) is 5.32. The molecule has 3 N–H and O–H groups in total. The number of nitrogens with one attached hydrogen (secondary N) is 1. The van der Waals surface area contributed by atoms with Crippen LogP contribution in [0.5, 0.6) is 0 Å². The summed E-state index contributed by atoms with van der Waals surface area (Å²) in [6, 6.07) is 2.59. The molecule has 0 saturated heterocycles. The molecule has 2 rings (SSSR count). The third-order valence-electron chi connectivity index (χ3n) is 3.12. The van der Waals surface area contributed by atoms with Crippen LogP contribution in [0.15, 0.2) is 6.07 Å². The molecule has 1 fully saturated rings. The fourth-order valence-corrected chi connectivity index (χ4v) is 2.12. The minimum absolute atomic E-state index is 0.423. The summed E-state index contributed by atoms with van der Waals surface area (Å²) < 4.78 is 2.07. The summed E-state index contributed by atoms with van der Waals surface area (Å²) in [5.74, 6) is 6.35. The molecule has 1 heterocycles. The van der Waals surface area contributed by atoms with Gasteiger partial charge >= 0.3 is 0 Å². The van der Waals surface area contributed by atoms with Gasteiger partial charge in [-0.1, -0.05) is 0 Å². The van der Waals surface area contributed by atoms with E-state index in [4.69, 9.17) is 5.84 Å². The minimum atomic E-state index is 0.423. The average Bonchev–Trinajstić information content (AvgIpc) is 2.99. The van der Waals surface area contributed by atoms with E-state index >= 15 is 0 Å². The lowest BCUT2D eigenvalue weighted by molar-refractivity contribution is 0.454. The average molecular weight is 208 g/mol. The second-order valence-electron chi connectivity index (χ2n) is 4.41. The predicted octanol–water partition coefficient (Wildman–Crippen LogP) is 0.996. The van der Waals surface area contributed by atoms with E-state index in [0.29, 0.717) is 6.04 Å². The first kappa shape index (κ1) is 10.6. The van der Waals surface area contributed by atoms with E-state index in [1.54, 1.807) is 0 Å². The number of hydrogen-bond acceptors (Lipinski definition) is 3.